The summed E-state index contributed by atoms with van der Waals surface area (Å²) in [5, 5.41) is 10.6. The number of thiazole rings is 1. The second kappa shape index (κ2) is 6.93. The number of hydrogen-bond donors (Lipinski definition) is 1. The van der Waals surface area contributed by atoms with Crippen LogP contribution in [-0.4, -0.2) is 39.1 Å². The fourth-order valence-electron chi connectivity index (χ4n) is 3.83. The van der Waals surface area contributed by atoms with Gasteiger partial charge in [0.15, 0.2) is 0 Å². The second-order valence-electron chi connectivity index (χ2n) is 7.42. The molecule has 2 aliphatic rings. The van der Waals surface area contributed by atoms with Gasteiger partial charge < -0.3 is 4.90 Å². The van der Waals surface area contributed by atoms with Crippen molar-refractivity contribution < 1.29 is 4.79 Å². The predicted octanol–water partition coefficient (Wildman–Crippen LogP) is 3.58. The minimum absolute atomic E-state index is 0.0524. The summed E-state index contributed by atoms with van der Waals surface area (Å²) in [5.41, 5.74) is 5.63. The van der Waals surface area contributed by atoms with E-state index in [0.717, 1.165) is 37.4 Å². The molecule has 27 heavy (non-hydrogen) atoms. The lowest BCUT2D eigenvalue weighted by molar-refractivity contribution is 0.0757. The lowest BCUT2D eigenvalue weighted by atomic mass is 10.1. The molecule has 0 spiro atoms. The Labute approximate surface area is 162 Å². The molecule has 3 aromatic rings. The Morgan fingerprint density at radius 2 is 2.00 bits per heavy atom. The van der Waals surface area contributed by atoms with Gasteiger partial charge in [0.1, 0.15) is 5.69 Å². The number of benzene rings is 1. The van der Waals surface area contributed by atoms with Crippen LogP contribution in [-0.2, 0) is 19.3 Å². The van der Waals surface area contributed by atoms with Gasteiger partial charge in [-0.3, -0.25) is 9.89 Å². The van der Waals surface area contributed by atoms with Crippen LogP contribution in [0.5, 0.6) is 0 Å². The zero-order valence-electron chi connectivity index (χ0n) is 15.1. The molecule has 5 rings (SSSR count). The maximum Gasteiger partial charge on any atom is 0.273 e. The predicted molar refractivity (Wildman–Crippen MR) is 105 cm³/mol. The molecule has 138 valence electrons. The van der Waals surface area contributed by atoms with E-state index in [0.29, 0.717) is 11.6 Å². The van der Waals surface area contributed by atoms with E-state index in [9.17, 15) is 4.79 Å². The highest BCUT2D eigenvalue weighted by Crippen LogP contribution is 2.41. The van der Waals surface area contributed by atoms with Crippen LogP contribution in [0, 0.1) is 0 Å². The smallest absolute Gasteiger partial charge is 0.273 e. The number of nitrogens with zero attached hydrogens (tertiary/aromatic N) is 3. The van der Waals surface area contributed by atoms with E-state index < -0.39 is 0 Å². The molecule has 2 aromatic heterocycles. The van der Waals surface area contributed by atoms with E-state index in [2.05, 4.69) is 27.3 Å². The minimum Gasteiger partial charge on any atom is -0.337 e. The topological polar surface area (TPSA) is 61.9 Å². The first-order chi connectivity index (χ1) is 13.3. The molecule has 1 fully saturated rings. The number of hydrogen-bond acceptors (Lipinski definition) is 4. The first kappa shape index (κ1) is 16.7. The van der Waals surface area contributed by atoms with E-state index in [1.54, 1.807) is 11.3 Å². The van der Waals surface area contributed by atoms with Gasteiger partial charge in [-0.25, -0.2) is 4.98 Å². The Bertz CT molecular complexity index is 958. The number of carbonyl (C=O) groups excluding carboxylic acids is 1. The first-order valence-corrected chi connectivity index (χ1v) is 10.5. The minimum atomic E-state index is 0.0524. The van der Waals surface area contributed by atoms with Crippen molar-refractivity contribution in [1.29, 1.82) is 0 Å². The van der Waals surface area contributed by atoms with Crippen LogP contribution >= 0.6 is 11.3 Å². The molecule has 1 N–H and O–H groups in total. The Morgan fingerprint density at radius 3 is 2.81 bits per heavy atom. The maximum absolute atomic E-state index is 13.0. The van der Waals surface area contributed by atoms with Gasteiger partial charge in [0.25, 0.3) is 5.91 Å². The number of rotatable bonds is 4. The molecule has 1 aliphatic heterocycles. The van der Waals surface area contributed by atoms with Crippen LogP contribution in [0.1, 0.15) is 56.8 Å². The summed E-state index contributed by atoms with van der Waals surface area (Å²) in [4.78, 5) is 19.5. The largest absolute Gasteiger partial charge is 0.337 e. The zero-order chi connectivity index (χ0) is 18.2. The quantitative estimate of drug-likeness (QED) is 0.755. The lowest BCUT2D eigenvalue weighted by Gasteiger charge is -2.19. The van der Waals surface area contributed by atoms with E-state index in [1.165, 1.54) is 35.4 Å². The van der Waals surface area contributed by atoms with Gasteiger partial charge in [-0.1, -0.05) is 30.3 Å². The molecule has 1 saturated carbocycles. The number of nitrogens with one attached hydrogen (secondary N) is 1. The highest BCUT2D eigenvalue weighted by atomic mass is 32.1. The molecule has 1 amide bonds. The number of H-pyrrole nitrogens is 1. The van der Waals surface area contributed by atoms with Crippen LogP contribution in [0.4, 0.5) is 0 Å². The Balaban J connectivity index is 1.27. The van der Waals surface area contributed by atoms with Crippen molar-refractivity contribution in [2.45, 2.75) is 38.0 Å². The van der Waals surface area contributed by atoms with Crippen molar-refractivity contribution in [3.8, 4) is 0 Å². The van der Waals surface area contributed by atoms with Crippen molar-refractivity contribution in [3.05, 3.63) is 68.9 Å². The van der Waals surface area contributed by atoms with Gasteiger partial charge in [-0.15, -0.1) is 11.3 Å². The van der Waals surface area contributed by atoms with Gasteiger partial charge in [-0.05, 0) is 30.4 Å². The van der Waals surface area contributed by atoms with Crippen LogP contribution in [0.25, 0.3) is 0 Å². The zero-order valence-corrected chi connectivity index (χ0v) is 16.0. The Hall–Kier alpha value is -2.47. The second-order valence-corrected chi connectivity index (χ2v) is 8.36. The monoisotopic (exact) mass is 378 g/mol. The fraction of sp³-hybridized carbons (Fsp3) is 0.381. The number of aromatic nitrogens is 3. The van der Waals surface area contributed by atoms with Crippen molar-refractivity contribution in [3.63, 3.8) is 0 Å². The fourth-order valence-corrected chi connectivity index (χ4v) is 4.63. The van der Waals surface area contributed by atoms with Crippen molar-refractivity contribution >= 4 is 17.2 Å². The third-order valence-corrected chi connectivity index (χ3v) is 6.32. The van der Waals surface area contributed by atoms with Crippen LogP contribution in [0.15, 0.2) is 35.7 Å². The molecular weight excluding hydrogens is 356 g/mol. The summed E-state index contributed by atoms with van der Waals surface area (Å²) in [6.07, 6.45) is 5.03. The van der Waals surface area contributed by atoms with E-state index >= 15 is 0 Å². The number of carbonyl (C=O) groups is 1. The average molecular weight is 379 g/mol. The van der Waals surface area contributed by atoms with Crippen molar-refractivity contribution in [1.82, 2.24) is 20.1 Å². The third-order valence-electron chi connectivity index (χ3n) is 5.47. The molecule has 0 radical (unpaired) electrons. The summed E-state index contributed by atoms with van der Waals surface area (Å²) in [7, 11) is 0. The van der Waals surface area contributed by atoms with E-state index in [4.69, 9.17) is 0 Å². The summed E-state index contributed by atoms with van der Waals surface area (Å²) in [6.45, 7) is 1.47. The highest BCUT2D eigenvalue weighted by molar-refractivity contribution is 7.09. The Kier molecular flexibility index (Phi) is 4.28. The molecule has 3 heterocycles. The number of amides is 1. The summed E-state index contributed by atoms with van der Waals surface area (Å²) < 4.78 is 0. The normalized spacial score (nSPS) is 16.8. The first-order valence-electron chi connectivity index (χ1n) is 9.61. The van der Waals surface area contributed by atoms with Crippen LogP contribution < -0.4 is 0 Å². The Morgan fingerprint density at radius 1 is 1.19 bits per heavy atom. The summed E-state index contributed by atoms with van der Waals surface area (Å²) in [6, 6.07) is 10.3. The van der Waals surface area contributed by atoms with Gasteiger partial charge in [0.05, 0.1) is 10.7 Å². The standard InChI is InChI=1S/C21H22N4OS/c26-21(18-13-27-19(22-18)12-14-4-2-1-3-5-14)25-10-8-16-17(9-11-25)23-24-20(16)15-6-7-15/h1-5,13,15H,6-12H2,(H,23,24). The molecule has 0 saturated heterocycles. The summed E-state index contributed by atoms with van der Waals surface area (Å²) in [5.74, 6) is 0.697. The van der Waals surface area contributed by atoms with Gasteiger partial charge in [0, 0.05) is 42.9 Å². The molecule has 5 nitrogen and oxygen atoms in total. The van der Waals surface area contributed by atoms with Gasteiger partial charge >= 0.3 is 0 Å². The lowest BCUT2D eigenvalue weighted by Crippen LogP contribution is -2.33. The van der Waals surface area contributed by atoms with Crippen molar-refractivity contribution in [2.24, 2.45) is 0 Å². The molecule has 6 heteroatoms. The maximum atomic E-state index is 13.0. The van der Waals surface area contributed by atoms with Gasteiger partial charge in [0.2, 0.25) is 0 Å². The molecule has 1 aliphatic carbocycles. The van der Waals surface area contributed by atoms with E-state index in [1.807, 2.05) is 28.5 Å². The van der Waals surface area contributed by atoms with E-state index in [-0.39, 0.29) is 5.91 Å². The summed E-state index contributed by atoms with van der Waals surface area (Å²) >= 11 is 1.57. The molecular formula is C21H22N4OS. The average Bonchev–Trinajstić information content (AvgIpc) is 3.37. The number of fused-ring (bicyclic) bond motifs is 1. The van der Waals surface area contributed by atoms with Crippen LogP contribution in [0.2, 0.25) is 0 Å². The highest BCUT2D eigenvalue weighted by Gasteiger charge is 2.32. The SMILES string of the molecule is O=C(c1csc(Cc2ccccc2)n1)N1CCc2[nH]nc(C3CC3)c2CC1. The molecule has 1 aromatic carbocycles. The van der Waals surface area contributed by atoms with Crippen LogP contribution in [0.3, 0.4) is 0 Å². The third kappa shape index (κ3) is 3.41. The number of aromatic amines is 1. The molecule has 0 unspecified atom stereocenters. The molecule has 0 bridgehead atoms. The van der Waals surface area contributed by atoms with Gasteiger partial charge in [-0.2, -0.15) is 5.10 Å². The van der Waals surface area contributed by atoms with Crippen molar-refractivity contribution in [2.75, 3.05) is 13.1 Å². The molecule has 0 atom stereocenters.